The second-order valence-electron chi connectivity index (χ2n) is 4.25. The van der Waals surface area contributed by atoms with E-state index in [-0.39, 0.29) is 27.3 Å². The van der Waals surface area contributed by atoms with E-state index in [4.69, 9.17) is 34.0 Å². The third kappa shape index (κ3) is 3.83. The van der Waals surface area contributed by atoms with Crippen molar-refractivity contribution in [3.63, 3.8) is 0 Å². The van der Waals surface area contributed by atoms with Crippen LogP contribution in [0.4, 0.5) is 5.69 Å². The van der Waals surface area contributed by atoms with Crippen molar-refractivity contribution in [3.8, 4) is 0 Å². The molecular weight excluding hydrogens is 291 g/mol. The first kappa shape index (κ1) is 15.8. The van der Waals surface area contributed by atoms with Crippen molar-refractivity contribution in [2.45, 2.75) is 19.9 Å². The van der Waals surface area contributed by atoms with Crippen molar-refractivity contribution in [2.24, 2.45) is 11.7 Å². The van der Waals surface area contributed by atoms with Gasteiger partial charge in [-0.2, -0.15) is 0 Å². The zero-order valence-corrected chi connectivity index (χ0v) is 11.9. The maximum absolute atomic E-state index is 11.9. The van der Waals surface area contributed by atoms with Gasteiger partial charge in [-0.15, -0.1) is 0 Å². The number of amides is 1. The monoisotopic (exact) mass is 304 g/mol. The van der Waals surface area contributed by atoms with E-state index in [1.54, 1.807) is 13.8 Å². The van der Waals surface area contributed by atoms with Crippen molar-refractivity contribution < 1.29 is 14.7 Å². The van der Waals surface area contributed by atoms with Crippen LogP contribution < -0.4 is 11.1 Å². The number of carbonyl (C=O) groups excluding carboxylic acids is 1. The molecule has 5 nitrogen and oxygen atoms in total. The van der Waals surface area contributed by atoms with E-state index in [9.17, 15) is 9.59 Å². The maximum atomic E-state index is 11.9. The molecule has 0 fully saturated rings. The first-order chi connectivity index (χ1) is 8.73. The summed E-state index contributed by atoms with van der Waals surface area (Å²) in [5.74, 6) is -2.11. The molecule has 0 aliphatic heterocycles. The van der Waals surface area contributed by atoms with E-state index < -0.39 is 17.8 Å². The van der Waals surface area contributed by atoms with Crippen LogP contribution in [-0.2, 0) is 4.79 Å². The average Bonchev–Trinajstić information content (AvgIpc) is 2.30. The van der Waals surface area contributed by atoms with Gasteiger partial charge in [-0.25, -0.2) is 4.79 Å². The summed E-state index contributed by atoms with van der Waals surface area (Å²) in [6.45, 7) is 3.33. The van der Waals surface area contributed by atoms with Crippen LogP contribution in [0.15, 0.2) is 12.1 Å². The zero-order valence-electron chi connectivity index (χ0n) is 10.4. The molecule has 0 aromatic heterocycles. The van der Waals surface area contributed by atoms with Crippen LogP contribution >= 0.6 is 23.2 Å². The summed E-state index contributed by atoms with van der Waals surface area (Å²) in [6, 6.07) is 2.23. The molecule has 2 unspecified atom stereocenters. The molecule has 0 aliphatic carbocycles. The van der Waals surface area contributed by atoms with Gasteiger partial charge in [0.25, 0.3) is 0 Å². The summed E-state index contributed by atoms with van der Waals surface area (Å²) in [5, 5.41) is 11.8. The fourth-order valence-electron chi connectivity index (χ4n) is 1.35. The Morgan fingerprint density at radius 2 is 1.89 bits per heavy atom. The van der Waals surface area contributed by atoms with E-state index in [0.717, 1.165) is 0 Å². The molecule has 0 radical (unpaired) electrons. The molecular formula is C12H14Cl2N2O3. The Bertz CT molecular complexity index is 518. The summed E-state index contributed by atoms with van der Waals surface area (Å²) >= 11 is 11.6. The molecule has 104 valence electrons. The number of carboxylic acids is 1. The summed E-state index contributed by atoms with van der Waals surface area (Å²) < 4.78 is 0. The van der Waals surface area contributed by atoms with Crippen LogP contribution in [0.25, 0.3) is 0 Å². The molecule has 1 amide bonds. The Labute approximate surface area is 120 Å². The first-order valence-corrected chi connectivity index (χ1v) is 6.28. The SMILES string of the molecule is CC(N)C(C)C(=O)Nc1c(Cl)cc(Cl)cc1C(=O)O. The van der Waals surface area contributed by atoms with Gasteiger partial charge < -0.3 is 16.2 Å². The van der Waals surface area contributed by atoms with Crippen LogP contribution in [0.3, 0.4) is 0 Å². The number of nitrogens with two attached hydrogens (primary N) is 1. The third-order valence-electron chi connectivity index (χ3n) is 2.74. The smallest absolute Gasteiger partial charge is 0.337 e. The molecule has 1 aromatic carbocycles. The maximum Gasteiger partial charge on any atom is 0.337 e. The molecule has 7 heteroatoms. The first-order valence-electron chi connectivity index (χ1n) is 5.52. The summed E-state index contributed by atoms with van der Waals surface area (Å²) in [5.41, 5.74) is 5.48. The molecule has 0 saturated carbocycles. The van der Waals surface area contributed by atoms with Gasteiger partial charge in [-0.3, -0.25) is 4.79 Å². The molecule has 1 rings (SSSR count). The Kier molecular flexibility index (Phi) is 5.17. The molecule has 0 aliphatic rings. The Hall–Kier alpha value is -1.30. The summed E-state index contributed by atoms with van der Waals surface area (Å²) in [6.07, 6.45) is 0. The van der Waals surface area contributed by atoms with Gasteiger partial charge in [0.15, 0.2) is 0 Å². The van der Waals surface area contributed by atoms with E-state index in [2.05, 4.69) is 5.32 Å². The number of anilines is 1. The van der Waals surface area contributed by atoms with Crippen molar-refractivity contribution in [3.05, 3.63) is 27.7 Å². The minimum absolute atomic E-state index is 0.0241. The second kappa shape index (κ2) is 6.23. The van der Waals surface area contributed by atoms with Crippen molar-refractivity contribution in [2.75, 3.05) is 5.32 Å². The molecule has 0 spiro atoms. The van der Waals surface area contributed by atoms with Gasteiger partial charge in [0, 0.05) is 11.1 Å². The van der Waals surface area contributed by atoms with E-state index >= 15 is 0 Å². The largest absolute Gasteiger partial charge is 0.478 e. The van der Waals surface area contributed by atoms with Crippen LogP contribution in [-0.4, -0.2) is 23.0 Å². The molecule has 2 atom stereocenters. The number of hydrogen-bond donors (Lipinski definition) is 3. The lowest BCUT2D eigenvalue weighted by Crippen LogP contribution is -2.34. The number of carbonyl (C=O) groups is 2. The minimum Gasteiger partial charge on any atom is -0.478 e. The third-order valence-corrected chi connectivity index (χ3v) is 3.25. The number of rotatable bonds is 4. The van der Waals surface area contributed by atoms with Crippen molar-refractivity contribution in [1.29, 1.82) is 0 Å². The Morgan fingerprint density at radius 3 is 2.37 bits per heavy atom. The quantitative estimate of drug-likeness (QED) is 0.797. The summed E-state index contributed by atoms with van der Waals surface area (Å²) in [4.78, 5) is 23.0. The molecule has 0 heterocycles. The lowest BCUT2D eigenvalue weighted by atomic mass is 10.0. The number of benzene rings is 1. The number of hydrogen-bond acceptors (Lipinski definition) is 3. The highest BCUT2D eigenvalue weighted by Crippen LogP contribution is 2.30. The predicted octanol–water partition coefficient (Wildman–Crippen LogP) is 2.61. The van der Waals surface area contributed by atoms with Gasteiger partial charge in [-0.05, 0) is 19.1 Å². The van der Waals surface area contributed by atoms with Crippen LogP contribution in [0.5, 0.6) is 0 Å². The predicted molar refractivity (Wildman–Crippen MR) is 74.9 cm³/mol. The van der Waals surface area contributed by atoms with Crippen molar-refractivity contribution in [1.82, 2.24) is 0 Å². The molecule has 0 saturated heterocycles. The molecule has 19 heavy (non-hydrogen) atoms. The number of carboxylic acid groups (broad SMARTS) is 1. The number of nitrogens with one attached hydrogen (secondary N) is 1. The molecule has 0 bridgehead atoms. The van der Waals surface area contributed by atoms with E-state index in [1.165, 1.54) is 12.1 Å². The normalized spacial score (nSPS) is 13.7. The Balaban J connectivity index is 3.14. The van der Waals surface area contributed by atoms with Gasteiger partial charge in [-0.1, -0.05) is 30.1 Å². The topological polar surface area (TPSA) is 92.4 Å². The highest BCUT2D eigenvalue weighted by Gasteiger charge is 2.22. The lowest BCUT2D eigenvalue weighted by Gasteiger charge is -2.17. The molecule has 1 aromatic rings. The van der Waals surface area contributed by atoms with E-state index in [0.29, 0.717) is 0 Å². The fourth-order valence-corrected chi connectivity index (χ4v) is 1.89. The van der Waals surface area contributed by atoms with Crippen LogP contribution in [0, 0.1) is 5.92 Å². The highest BCUT2D eigenvalue weighted by molar-refractivity contribution is 6.37. The van der Waals surface area contributed by atoms with Gasteiger partial charge in [0.05, 0.1) is 22.2 Å². The standard InChI is InChI=1S/C12H14Cl2N2O3/c1-5(6(2)15)11(17)16-10-8(12(18)19)3-7(13)4-9(10)14/h3-6H,15H2,1-2H3,(H,16,17)(H,18,19). The van der Waals surface area contributed by atoms with Gasteiger partial charge in [0.1, 0.15) is 0 Å². The second-order valence-corrected chi connectivity index (χ2v) is 5.10. The highest BCUT2D eigenvalue weighted by atomic mass is 35.5. The molecule has 4 N–H and O–H groups in total. The van der Waals surface area contributed by atoms with Crippen molar-refractivity contribution >= 4 is 40.8 Å². The number of aromatic carboxylic acids is 1. The van der Waals surface area contributed by atoms with Crippen LogP contribution in [0.1, 0.15) is 24.2 Å². The fraction of sp³-hybridized carbons (Fsp3) is 0.333. The Morgan fingerprint density at radius 1 is 1.32 bits per heavy atom. The zero-order chi connectivity index (χ0) is 14.7. The number of halogens is 2. The average molecular weight is 305 g/mol. The van der Waals surface area contributed by atoms with Gasteiger partial charge in [0.2, 0.25) is 5.91 Å². The van der Waals surface area contributed by atoms with Crippen LogP contribution in [0.2, 0.25) is 10.0 Å². The minimum atomic E-state index is -1.23. The van der Waals surface area contributed by atoms with E-state index in [1.807, 2.05) is 0 Å². The summed E-state index contributed by atoms with van der Waals surface area (Å²) in [7, 11) is 0. The van der Waals surface area contributed by atoms with Gasteiger partial charge >= 0.3 is 5.97 Å². The lowest BCUT2D eigenvalue weighted by molar-refractivity contribution is -0.119.